The van der Waals surface area contributed by atoms with Crippen molar-refractivity contribution in [1.82, 2.24) is 0 Å². The molecule has 1 aromatic rings. The highest BCUT2D eigenvalue weighted by atomic mass is 127. The smallest absolute Gasteiger partial charge is 0.150 e. The standard InChI is InChI=1S/C9H4INO2/c10-9-2-8(5-13)7(4-12)1-6(9)3-11/h1-2,4-5H. The van der Waals surface area contributed by atoms with E-state index >= 15 is 0 Å². The van der Waals surface area contributed by atoms with E-state index in [2.05, 4.69) is 0 Å². The number of hydrogen-bond acceptors (Lipinski definition) is 3. The summed E-state index contributed by atoms with van der Waals surface area (Å²) >= 11 is 1.95. The fourth-order valence-electron chi connectivity index (χ4n) is 0.895. The number of carbonyl (C=O) groups is 2. The lowest BCUT2D eigenvalue weighted by atomic mass is 10.1. The van der Waals surface area contributed by atoms with Crippen molar-refractivity contribution in [3.8, 4) is 6.07 Å². The molecular weight excluding hydrogens is 281 g/mol. The van der Waals surface area contributed by atoms with Gasteiger partial charge in [-0.05, 0) is 34.7 Å². The normalized spacial score (nSPS) is 8.92. The lowest BCUT2D eigenvalue weighted by molar-refractivity contribution is 0.109. The molecule has 64 valence electrons. The van der Waals surface area contributed by atoms with Crippen molar-refractivity contribution in [3.05, 3.63) is 32.4 Å². The van der Waals surface area contributed by atoms with Gasteiger partial charge in [-0.25, -0.2) is 0 Å². The van der Waals surface area contributed by atoms with Gasteiger partial charge in [-0.15, -0.1) is 0 Å². The fourth-order valence-corrected chi connectivity index (χ4v) is 1.51. The maximum atomic E-state index is 10.5. The molecule has 0 N–H and O–H groups in total. The SMILES string of the molecule is N#Cc1cc(C=O)c(C=O)cc1I. The third-order valence-corrected chi connectivity index (χ3v) is 2.44. The Bertz CT molecular complexity index is 407. The highest BCUT2D eigenvalue weighted by Gasteiger charge is 2.06. The fraction of sp³-hybridized carbons (Fsp3) is 0. The van der Waals surface area contributed by atoms with Crippen LogP contribution in [0.3, 0.4) is 0 Å². The van der Waals surface area contributed by atoms with Gasteiger partial charge >= 0.3 is 0 Å². The Balaban J connectivity index is 3.45. The van der Waals surface area contributed by atoms with Gasteiger partial charge in [0, 0.05) is 14.7 Å². The largest absolute Gasteiger partial charge is 0.298 e. The molecule has 0 unspecified atom stereocenters. The van der Waals surface area contributed by atoms with Crippen LogP contribution < -0.4 is 0 Å². The van der Waals surface area contributed by atoms with Gasteiger partial charge in [0.1, 0.15) is 6.07 Å². The number of aldehydes is 2. The lowest BCUT2D eigenvalue weighted by Crippen LogP contribution is -1.94. The summed E-state index contributed by atoms with van der Waals surface area (Å²) in [6, 6.07) is 4.88. The summed E-state index contributed by atoms with van der Waals surface area (Å²) in [7, 11) is 0. The first-order valence-corrected chi connectivity index (χ1v) is 4.44. The van der Waals surface area contributed by atoms with E-state index in [1.54, 1.807) is 0 Å². The summed E-state index contributed by atoms with van der Waals surface area (Å²) in [5, 5.41) is 8.64. The van der Waals surface area contributed by atoms with E-state index in [9.17, 15) is 9.59 Å². The van der Waals surface area contributed by atoms with Crippen LogP contribution in [0.15, 0.2) is 12.1 Å². The molecule has 0 amide bonds. The molecule has 1 rings (SSSR count). The molecule has 0 aliphatic heterocycles. The zero-order chi connectivity index (χ0) is 9.84. The molecule has 0 aliphatic carbocycles. The average molecular weight is 285 g/mol. The summed E-state index contributed by atoms with van der Waals surface area (Å²) in [6.45, 7) is 0. The Morgan fingerprint density at radius 2 is 1.77 bits per heavy atom. The minimum Gasteiger partial charge on any atom is -0.298 e. The van der Waals surface area contributed by atoms with Crippen LogP contribution in [0, 0.1) is 14.9 Å². The van der Waals surface area contributed by atoms with E-state index in [-0.39, 0.29) is 5.56 Å². The molecule has 0 aliphatic rings. The molecule has 0 saturated heterocycles. The Morgan fingerprint density at radius 1 is 1.23 bits per heavy atom. The van der Waals surface area contributed by atoms with E-state index in [4.69, 9.17) is 5.26 Å². The summed E-state index contributed by atoms with van der Waals surface area (Å²) in [4.78, 5) is 21.0. The van der Waals surface area contributed by atoms with Crippen molar-refractivity contribution in [2.45, 2.75) is 0 Å². The highest BCUT2D eigenvalue weighted by Crippen LogP contribution is 2.16. The number of benzene rings is 1. The maximum absolute atomic E-state index is 10.5. The van der Waals surface area contributed by atoms with Crippen LogP contribution in [0.4, 0.5) is 0 Å². The number of halogens is 1. The van der Waals surface area contributed by atoms with Crippen molar-refractivity contribution >= 4 is 35.2 Å². The summed E-state index contributed by atoms with van der Waals surface area (Å²) in [5.41, 5.74) is 0.985. The van der Waals surface area contributed by atoms with Crippen molar-refractivity contribution in [1.29, 1.82) is 5.26 Å². The minimum absolute atomic E-state index is 0.256. The van der Waals surface area contributed by atoms with Crippen molar-refractivity contribution < 1.29 is 9.59 Å². The Morgan fingerprint density at radius 3 is 2.23 bits per heavy atom. The molecule has 3 nitrogen and oxygen atoms in total. The van der Waals surface area contributed by atoms with Crippen LogP contribution in [-0.2, 0) is 0 Å². The summed E-state index contributed by atoms with van der Waals surface area (Å²) < 4.78 is 0.674. The predicted octanol–water partition coefficient (Wildman–Crippen LogP) is 1.79. The molecule has 1 aromatic carbocycles. The molecular formula is C9H4INO2. The lowest BCUT2D eigenvalue weighted by Gasteiger charge is -1.99. The second-order valence-corrected chi connectivity index (χ2v) is 3.47. The van der Waals surface area contributed by atoms with E-state index < -0.39 is 0 Å². The number of carbonyl (C=O) groups excluding carboxylic acids is 2. The van der Waals surface area contributed by atoms with Crippen LogP contribution in [0.1, 0.15) is 26.3 Å². The molecule has 13 heavy (non-hydrogen) atoms. The first kappa shape index (κ1) is 9.86. The van der Waals surface area contributed by atoms with E-state index in [0.717, 1.165) is 0 Å². The number of nitrogens with zero attached hydrogens (tertiary/aromatic N) is 1. The van der Waals surface area contributed by atoms with Gasteiger partial charge in [-0.2, -0.15) is 5.26 Å². The minimum atomic E-state index is 0.256. The van der Waals surface area contributed by atoms with Crippen LogP contribution >= 0.6 is 22.6 Å². The van der Waals surface area contributed by atoms with E-state index in [0.29, 0.717) is 27.3 Å². The Kier molecular flexibility index (Phi) is 3.14. The van der Waals surface area contributed by atoms with Crippen molar-refractivity contribution in [2.24, 2.45) is 0 Å². The second-order valence-electron chi connectivity index (χ2n) is 2.31. The van der Waals surface area contributed by atoms with Crippen LogP contribution in [0.25, 0.3) is 0 Å². The first-order valence-electron chi connectivity index (χ1n) is 3.37. The molecule has 0 aromatic heterocycles. The number of rotatable bonds is 2. The van der Waals surface area contributed by atoms with Gasteiger partial charge in [-0.1, -0.05) is 0 Å². The number of hydrogen-bond donors (Lipinski definition) is 0. The second kappa shape index (κ2) is 4.14. The van der Waals surface area contributed by atoms with Gasteiger partial charge in [0.15, 0.2) is 12.6 Å². The zero-order valence-corrected chi connectivity index (χ0v) is 8.61. The van der Waals surface area contributed by atoms with E-state index in [1.807, 2.05) is 28.7 Å². The average Bonchev–Trinajstić information content (AvgIpc) is 2.17. The maximum Gasteiger partial charge on any atom is 0.150 e. The monoisotopic (exact) mass is 285 g/mol. The zero-order valence-electron chi connectivity index (χ0n) is 6.45. The third-order valence-electron chi connectivity index (χ3n) is 1.55. The summed E-state index contributed by atoms with van der Waals surface area (Å²) in [5.74, 6) is 0. The summed E-state index contributed by atoms with van der Waals surface area (Å²) in [6.07, 6.45) is 1.17. The van der Waals surface area contributed by atoms with Gasteiger partial charge in [0.05, 0.1) is 5.56 Å². The molecule has 0 bridgehead atoms. The molecule has 0 saturated carbocycles. The molecule has 4 heteroatoms. The molecule has 0 radical (unpaired) electrons. The van der Waals surface area contributed by atoms with Gasteiger partial charge in [0.2, 0.25) is 0 Å². The van der Waals surface area contributed by atoms with Gasteiger partial charge in [-0.3, -0.25) is 9.59 Å². The van der Waals surface area contributed by atoms with Crippen LogP contribution in [0.2, 0.25) is 0 Å². The quantitative estimate of drug-likeness (QED) is 0.615. The van der Waals surface area contributed by atoms with Crippen molar-refractivity contribution in [2.75, 3.05) is 0 Å². The predicted molar refractivity (Wildman–Crippen MR) is 54.6 cm³/mol. The van der Waals surface area contributed by atoms with E-state index in [1.165, 1.54) is 12.1 Å². The first-order chi connectivity index (χ1) is 6.22. The molecule has 0 atom stereocenters. The van der Waals surface area contributed by atoms with Crippen LogP contribution in [0.5, 0.6) is 0 Å². The topological polar surface area (TPSA) is 57.9 Å². The molecule has 0 spiro atoms. The molecule has 0 heterocycles. The van der Waals surface area contributed by atoms with Crippen molar-refractivity contribution in [3.63, 3.8) is 0 Å². The number of nitriles is 1. The molecule has 0 fully saturated rings. The third kappa shape index (κ3) is 1.92. The Labute approximate surface area is 88.5 Å². The van der Waals surface area contributed by atoms with Gasteiger partial charge in [0.25, 0.3) is 0 Å². The van der Waals surface area contributed by atoms with Gasteiger partial charge < -0.3 is 0 Å². The Hall–Kier alpha value is -1.22. The van der Waals surface area contributed by atoms with Crippen LogP contribution in [-0.4, -0.2) is 12.6 Å². The highest BCUT2D eigenvalue weighted by molar-refractivity contribution is 14.1.